The molecule has 4 nitrogen and oxygen atoms in total. The Labute approximate surface area is 352 Å². The van der Waals surface area contributed by atoms with Gasteiger partial charge in [0.15, 0.2) is 5.58 Å². The average Bonchev–Trinajstić information content (AvgIpc) is 3.92. The maximum atomic E-state index is 6.90. The first-order chi connectivity index (χ1) is 30.2. The Morgan fingerprint density at radius 3 is 1.82 bits per heavy atom. The number of hydrogen-bond acceptors (Lipinski definition) is 3. The van der Waals surface area contributed by atoms with Crippen LogP contribution in [0.2, 0.25) is 0 Å². The van der Waals surface area contributed by atoms with Crippen molar-refractivity contribution in [1.82, 2.24) is 9.55 Å². The molecular formula is C57H37N3O. The summed E-state index contributed by atoms with van der Waals surface area (Å²) in [5, 5.41) is 7.07. The lowest BCUT2D eigenvalue weighted by molar-refractivity contribution is 0.621. The van der Waals surface area contributed by atoms with Crippen molar-refractivity contribution in [3.8, 4) is 39.4 Å². The van der Waals surface area contributed by atoms with Crippen molar-refractivity contribution in [3.05, 3.63) is 224 Å². The summed E-state index contributed by atoms with van der Waals surface area (Å²) >= 11 is 0. The molecule has 12 rings (SSSR count). The fraction of sp³-hybridized carbons (Fsp3) is 0. The molecule has 0 saturated carbocycles. The monoisotopic (exact) mass is 779 g/mol. The van der Waals surface area contributed by atoms with Crippen molar-refractivity contribution >= 4 is 71.5 Å². The highest BCUT2D eigenvalue weighted by molar-refractivity contribution is 6.19. The SMILES string of the molecule is c1ccc(-c2ccc(-n3c4cc(N(c5cccc(-c6ccccc6)c5)c5cccc6nc(-c7cccc8ccccc78)oc56)ccc4c4ccc5ccccc5c43)cc2)cc1. The number of nitrogens with zero attached hydrogens (tertiary/aromatic N) is 3. The normalized spacial score (nSPS) is 11.6. The molecule has 0 N–H and O–H groups in total. The Morgan fingerprint density at radius 2 is 1.02 bits per heavy atom. The van der Waals surface area contributed by atoms with Crippen LogP contribution in [0.1, 0.15) is 0 Å². The van der Waals surface area contributed by atoms with Crippen LogP contribution in [0.15, 0.2) is 229 Å². The van der Waals surface area contributed by atoms with E-state index in [4.69, 9.17) is 9.40 Å². The lowest BCUT2D eigenvalue weighted by atomic mass is 10.0. The van der Waals surface area contributed by atoms with Crippen molar-refractivity contribution in [2.24, 2.45) is 0 Å². The molecule has 10 aromatic carbocycles. The molecule has 0 fully saturated rings. The summed E-state index contributed by atoms with van der Waals surface area (Å²) in [6.07, 6.45) is 0. The van der Waals surface area contributed by atoms with E-state index >= 15 is 0 Å². The number of hydrogen-bond donors (Lipinski definition) is 0. The van der Waals surface area contributed by atoms with Crippen LogP contribution in [0.5, 0.6) is 0 Å². The van der Waals surface area contributed by atoms with E-state index in [1.165, 1.54) is 38.2 Å². The van der Waals surface area contributed by atoms with Gasteiger partial charge in [-0.2, -0.15) is 0 Å². The zero-order valence-electron chi connectivity index (χ0n) is 33.1. The average molecular weight is 780 g/mol. The Morgan fingerprint density at radius 1 is 0.410 bits per heavy atom. The van der Waals surface area contributed by atoms with E-state index in [1.54, 1.807) is 0 Å². The van der Waals surface area contributed by atoms with Crippen molar-refractivity contribution < 1.29 is 4.42 Å². The van der Waals surface area contributed by atoms with Crippen LogP contribution < -0.4 is 4.90 Å². The number of rotatable bonds is 7. The fourth-order valence-corrected chi connectivity index (χ4v) is 9.13. The molecule has 0 atom stereocenters. The van der Waals surface area contributed by atoms with Crippen LogP contribution in [0, 0.1) is 0 Å². The molecule has 12 aromatic rings. The number of fused-ring (bicyclic) bond motifs is 7. The molecule has 2 heterocycles. The molecule has 0 radical (unpaired) electrons. The van der Waals surface area contributed by atoms with Gasteiger partial charge in [0.2, 0.25) is 5.89 Å². The smallest absolute Gasteiger partial charge is 0.228 e. The highest BCUT2D eigenvalue weighted by Crippen LogP contribution is 2.45. The van der Waals surface area contributed by atoms with Crippen LogP contribution in [0.3, 0.4) is 0 Å². The molecular weight excluding hydrogens is 743 g/mol. The van der Waals surface area contributed by atoms with Crippen LogP contribution in [-0.2, 0) is 0 Å². The standard InChI is InChI=1S/C57H37N3O/c1-3-14-38(15-4-1)40-28-31-44(32-29-40)60-54-37-46(33-35-49(54)50-34-30-42-19-8-10-24-48(42)55(50)60)59(45-22-11-21-43(36-45)39-16-5-2-6-17-39)53-27-13-26-52-56(53)61-57(58-52)51-25-12-20-41-18-7-9-23-47(41)51/h1-37H. The molecule has 0 aliphatic carbocycles. The van der Waals surface area contributed by atoms with E-state index in [1.807, 2.05) is 6.07 Å². The number of benzene rings is 10. The summed E-state index contributed by atoms with van der Waals surface area (Å²) in [4.78, 5) is 7.45. The first-order valence-corrected chi connectivity index (χ1v) is 20.7. The Hall–Kier alpha value is -8.21. The van der Waals surface area contributed by atoms with Crippen molar-refractivity contribution in [2.75, 3.05) is 4.90 Å². The van der Waals surface area contributed by atoms with Gasteiger partial charge in [-0.05, 0) is 93.0 Å². The predicted molar refractivity (Wildman–Crippen MR) is 254 cm³/mol. The second kappa shape index (κ2) is 14.3. The molecule has 4 heteroatoms. The Balaban J connectivity index is 1.11. The summed E-state index contributed by atoms with van der Waals surface area (Å²) in [5.74, 6) is 0.596. The molecule has 0 unspecified atom stereocenters. The van der Waals surface area contributed by atoms with Gasteiger partial charge in [0, 0.05) is 38.8 Å². The highest BCUT2D eigenvalue weighted by atomic mass is 16.3. The third-order valence-electron chi connectivity index (χ3n) is 12.0. The van der Waals surface area contributed by atoms with Gasteiger partial charge in [-0.1, -0.05) is 170 Å². The molecule has 0 saturated heterocycles. The molecule has 0 aliphatic heterocycles. The van der Waals surface area contributed by atoms with Gasteiger partial charge in [-0.25, -0.2) is 4.98 Å². The van der Waals surface area contributed by atoms with E-state index in [9.17, 15) is 0 Å². The molecule has 0 spiro atoms. The minimum Gasteiger partial charge on any atom is -0.434 e. The lowest BCUT2D eigenvalue weighted by Gasteiger charge is -2.26. The fourth-order valence-electron chi connectivity index (χ4n) is 9.13. The van der Waals surface area contributed by atoms with Crippen molar-refractivity contribution in [1.29, 1.82) is 0 Å². The van der Waals surface area contributed by atoms with Crippen LogP contribution in [-0.4, -0.2) is 9.55 Å². The van der Waals surface area contributed by atoms with E-state index in [2.05, 4.69) is 228 Å². The predicted octanol–water partition coefficient (Wildman–Crippen LogP) is 15.7. The van der Waals surface area contributed by atoms with E-state index < -0.39 is 0 Å². The number of oxazole rings is 1. The first-order valence-electron chi connectivity index (χ1n) is 20.7. The number of para-hydroxylation sites is 1. The summed E-state index contributed by atoms with van der Waals surface area (Å²) in [5.41, 5.74) is 13.5. The zero-order chi connectivity index (χ0) is 40.3. The maximum Gasteiger partial charge on any atom is 0.228 e. The topological polar surface area (TPSA) is 34.2 Å². The quantitative estimate of drug-likeness (QED) is 0.162. The number of aromatic nitrogens is 2. The molecule has 0 amide bonds. The van der Waals surface area contributed by atoms with Gasteiger partial charge in [0.05, 0.1) is 16.7 Å². The van der Waals surface area contributed by atoms with E-state index in [0.29, 0.717) is 5.89 Å². The van der Waals surface area contributed by atoms with E-state index in [0.717, 1.165) is 66.8 Å². The molecule has 286 valence electrons. The molecule has 2 aromatic heterocycles. The van der Waals surface area contributed by atoms with Crippen LogP contribution >= 0.6 is 0 Å². The zero-order valence-corrected chi connectivity index (χ0v) is 33.1. The van der Waals surface area contributed by atoms with Gasteiger partial charge < -0.3 is 13.9 Å². The largest absolute Gasteiger partial charge is 0.434 e. The molecule has 0 bridgehead atoms. The Kier molecular flexibility index (Phi) is 8.13. The molecule has 0 aliphatic rings. The lowest BCUT2D eigenvalue weighted by Crippen LogP contribution is -2.10. The number of anilines is 3. The van der Waals surface area contributed by atoms with Gasteiger partial charge >= 0.3 is 0 Å². The van der Waals surface area contributed by atoms with E-state index in [-0.39, 0.29) is 0 Å². The second-order valence-electron chi connectivity index (χ2n) is 15.6. The Bertz CT molecular complexity index is 3580. The highest BCUT2D eigenvalue weighted by Gasteiger charge is 2.23. The second-order valence-corrected chi connectivity index (χ2v) is 15.6. The van der Waals surface area contributed by atoms with Gasteiger partial charge in [0.25, 0.3) is 0 Å². The summed E-state index contributed by atoms with van der Waals surface area (Å²) < 4.78 is 9.34. The minimum absolute atomic E-state index is 0.596. The van der Waals surface area contributed by atoms with Crippen molar-refractivity contribution in [2.45, 2.75) is 0 Å². The third kappa shape index (κ3) is 5.88. The minimum atomic E-state index is 0.596. The summed E-state index contributed by atoms with van der Waals surface area (Å²) in [6, 6.07) is 79.9. The first kappa shape index (κ1) is 34.8. The van der Waals surface area contributed by atoms with Crippen molar-refractivity contribution in [3.63, 3.8) is 0 Å². The molecule has 61 heavy (non-hydrogen) atoms. The van der Waals surface area contributed by atoms with Gasteiger partial charge in [0.1, 0.15) is 5.52 Å². The third-order valence-corrected chi connectivity index (χ3v) is 12.0. The van der Waals surface area contributed by atoms with Crippen LogP contribution in [0.25, 0.3) is 93.8 Å². The van der Waals surface area contributed by atoms with Gasteiger partial charge in [-0.3, -0.25) is 0 Å². The summed E-state index contributed by atoms with van der Waals surface area (Å²) in [6.45, 7) is 0. The van der Waals surface area contributed by atoms with Crippen LogP contribution in [0.4, 0.5) is 17.1 Å². The van der Waals surface area contributed by atoms with Gasteiger partial charge in [-0.15, -0.1) is 0 Å². The maximum absolute atomic E-state index is 6.90. The summed E-state index contributed by atoms with van der Waals surface area (Å²) in [7, 11) is 0.